The van der Waals surface area contributed by atoms with Crippen molar-refractivity contribution in [1.29, 1.82) is 0 Å². The molecule has 0 aliphatic carbocycles. The molecule has 0 heterocycles. The predicted octanol–water partition coefficient (Wildman–Crippen LogP) is 2.03. The van der Waals surface area contributed by atoms with E-state index in [9.17, 15) is 0 Å². The SMILES string of the molecule is CN=C(C)O/N=C(\N)c1ccc(Cl)cc1. The second-order valence-electron chi connectivity index (χ2n) is 2.82. The van der Waals surface area contributed by atoms with Gasteiger partial charge in [0.25, 0.3) is 0 Å². The van der Waals surface area contributed by atoms with E-state index in [0.717, 1.165) is 5.56 Å². The summed E-state index contributed by atoms with van der Waals surface area (Å²) in [6.07, 6.45) is 0. The number of benzene rings is 1. The van der Waals surface area contributed by atoms with Crippen LogP contribution in [0.15, 0.2) is 34.4 Å². The van der Waals surface area contributed by atoms with E-state index in [1.54, 1.807) is 38.2 Å². The third kappa shape index (κ3) is 3.59. The highest BCUT2D eigenvalue weighted by molar-refractivity contribution is 6.30. The molecule has 0 saturated heterocycles. The van der Waals surface area contributed by atoms with Gasteiger partial charge < -0.3 is 10.6 Å². The summed E-state index contributed by atoms with van der Waals surface area (Å²) in [5, 5.41) is 4.37. The summed E-state index contributed by atoms with van der Waals surface area (Å²) in [7, 11) is 1.61. The third-order valence-electron chi connectivity index (χ3n) is 1.73. The van der Waals surface area contributed by atoms with Gasteiger partial charge in [-0.1, -0.05) is 16.8 Å². The van der Waals surface area contributed by atoms with Crippen LogP contribution in [0.3, 0.4) is 0 Å². The molecule has 0 saturated carbocycles. The van der Waals surface area contributed by atoms with Crippen LogP contribution in [0.2, 0.25) is 5.02 Å². The van der Waals surface area contributed by atoms with E-state index in [2.05, 4.69) is 10.1 Å². The Balaban J connectivity index is 2.76. The average molecular weight is 226 g/mol. The summed E-state index contributed by atoms with van der Waals surface area (Å²) in [6, 6.07) is 7.01. The molecule has 0 fully saturated rings. The fourth-order valence-electron chi connectivity index (χ4n) is 0.829. The molecule has 0 unspecified atom stereocenters. The smallest absolute Gasteiger partial charge is 0.216 e. The van der Waals surface area contributed by atoms with Gasteiger partial charge in [-0.05, 0) is 24.3 Å². The van der Waals surface area contributed by atoms with Crippen LogP contribution in [0.4, 0.5) is 0 Å². The fraction of sp³-hybridized carbons (Fsp3) is 0.200. The van der Waals surface area contributed by atoms with E-state index < -0.39 is 0 Å². The Morgan fingerprint density at radius 1 is 1.33 bits per heavy atom. The highest BCUT2D eigenvalue weighted by Crippen LogP contribution is 2.09. The number of aliphatic imine (C=N–C) groups is 1. The van der Waals surface area contributed by atoms with Gasteiger partial charge in [0, 0.05) is 24.6 Å². The van der Waals surface area contributed by atoms with Crippen molar-refractivity contribution in [2.45, 2.75) is 6.92 Å². The number of nitrogens with two attached hydrogens (primary N) is 1. The number of hydrogen-bond donors (Lipinski definition) is 1. The van der Waals surface area contributed by atoms with Crippen molar-refractivity contribution in [3.05, 3.63) is 34.9 Å². The Kier molecular flexibility index (Phi) is 4.12. The van der Waals surface area contributed by atoms with E-state index in [1.165, 1.54) is 0 Å². The molecule has 0 aromatic heterocycles. The zero-order valence-electron chi connectivity index (χ0n) is 8.57. The van der Waals surface area contributed by atoms with E-state index in [0.29, 0.717) is 10.9 Å². The van der Waals surface area contributed by atoms with Crippen LogP contribution in [-0.4, -0.2) is 18.8 Å². The Morgan fingerprint density at radius 3 is 2.47 bits per heavy atom. The molecule has 0 aliphatic heterocycles. The van der Waals surface area contributed by atoms with Crippen LogP contribution in [0.5, 0.6) is 0 Å². The van der Waals surface area contributed by atoms with Gasteiger partial charge in [-0.15, -0.1) is 0 Å². The van der Waals surface area contributed by atoms with Gasteiger partial charge >= 0.3 is 0 Å². The van der Waals surface area contributed by atoms with Crippen LogP contribution in [0, 0.1) is 0 Å². The number of hydrogen-bond acceptors (Lipinski definition) is 3. The first-order chi connectivity index (χ1) is 7.13. The number of halogens is 1. The van der Waals surface area contributed by atoms with Crippen LogP contribution < -0.4 is 5.73 Å². The molecule has 4 nitrogen and oxygen atoms in total. The maximum absolute atomic E-state index is 5.74. The van der Waals surface area contributed by atoms with E-state index in [-0.39, 0.29) is 5.84 Å². The first-order valence-electron chi connectivity index (χ1n) is 4.33. The Labute approximate surface area is 93.4 Å². The summed E-state index contributed by atoms with van der Waals surface area (Å²) in [6.45, 7) is 1.69. The van der Waals surface area contributed by atoms with Gasteiger partial charge in [0.05, 0.1) is 0 Å². The predicted molar refractivity (Wildman–Crippen MR) is 62.3 cm³/mol. The molecular formula is C10H12ClN3O. The van der Waals surface area contributed by atoms with Crippen molar-refractivity contribution in [1.82, 2.24) is 0 Å². The van der Waals surface area contributed by atoms with Crippen molar-refractivity contribution in [2.75, 3.05) is 7.05 Å². The number of oxime groups is 1. The van der Waals surface area contributed by atoms with Crippen LogP contribution >= 0.6 is 11.6 Å². The standard InChI is InChI=1S/C10H12ClN3O/c1-7(13-2)15-14-10(12)8-3-5-9(11)6-4-8/h3-6H,1-2H3,(H2,12,14). The van der Waals surface area contributed by atoms with E-state index in [1.807, 2.05) is 0 Å². The topological polar surface area (TPSA) is 60.0 Å². The quantitative estimate of drug-likeness (QED) is 0.476. The largest absolute Gasteiger partial charge is 0.380 e. The summed E-state index contributed by atoms with van der Waals surface area (Å²) in [5.41, 5.74) is 6.43. The third-order valence-corrected chi connectivity index (χ3v) is 1.98. The van der Waals surface area contributed by atoms with Gasteiger partial charge in [0.2, 0.25) is 5.90 Å². The molecule has 0 atom stereocenters. The van der Waals surface area contributed by atoms with Crippen LogP contribution in [-0.2, 0) is 4.84 Å². The molecule has 1 rings (SSSR count). The minimum Gasteiger partial charge on any atom is -0.380 e. The summed E-state index contributed by atoms with van der Waals surface area (Å²) in [5.74, 6) is 0.738. The minimum atomic E-state index is 0.287. The summed E-state index contributed by atoms with van der Waals surface area (Å²) < 4.78 is 0. The normalized spacial score (nSPS) is 12.7. The Hall–Kier alpha value is -1.55. The molecule has 0 aliphatic rings. The molecule has 2 N–H and O–H groups in total. The summed E-state index contributed by atoms with van der Waals surface area (Å²) >= 11 is 5.74. The highest BCUT2D eigenvalue weighted by atomic mass is 35.5. The molecule has 5 heteroatoms. The van der Waals surface area contributed by atoms with Gasteiger partial charge in [-0.25, -0.2) is 0 Å². The van der Waals surface area contributed by atoms with Crippen molar-refractivity contribution < 1.29 is 4.84 Å². The Morgan fingerprint density at radius 2 is 1.93 bits per heavy atom. The lowest BCUT2D eigenvalue weighted by atomic mass is 10.2. The molecular weight excluding hydrogens is 214 g/mol. The lowest BCUT2D eigenvalue weighted by molar-refractivity contribution is 0.324. The second kappa shape index (κ2) is 5.36. The fourth-order valence-corrected chi connectivity index (χ4v) is 0.955. The van der Waals surface area contributed by atoms with Crippen LogP contribution in [0.1, 0.15) is 12.5 Å². The zero-order chi connectivity index (χ0) is 11.3. The monoisotopic (exact) mass is 225 g/mol. The number of rotatable bonds is 2. The Bertz CT molecular complexity index is 384. The lowest BCUT2D eigenvalue weighted by Gasteiger charge is -2.00. The molecule has 0 spiro atoms. The lowest BCUT2D eigenvalue weighted by Crippen LogP contribution is -2.14. The van der Waals surface area contributed by atoms with Crippen molar-refractivity contribution in [3.8, 4) is 0 Å². The maximum Gasteiger partial charge on any atom is 0.216 e. The van der Waals surface area contributed by atoms with Crippen molar-refractivity contribution in [3.63, 3.8) is 0 Å². The second-order valence-corrected chi connectivity index (χ2v) is 3.25. The molecule has 0 amide bonds. The number of nitrogens with zero attached hydrogens (tertiary/aromatic N) is 2. The molecule has 15 heavy (non-hydrogen) atoms. The van der Waals surface area contributed by atoms with Gasteiger partial charge in [-0.2, -0.15) is 0 Å². The first-order valence-corrected chi connectivity index (χ1v) is 4.71. The molecule has 0 radical (unpaired) electrons. The summed E-state index contributed by atoms with van der Waals surface area (Å²) in [4.78, 5) is 8.70. The molecule has 80 valence electrons. The minimum absolute atomic E-state index is 0.287. The van der Waals surface area contributed by atoms with E-state index in [4.69, 9.17) is 22.2 Å². The first kappa shape index (κ1) is 11.5. The van der Waals surface area contributed by atoms with Gasteiger partial charge in [-0.3, -0.25) is 4.99 Å². The van der Waals surface area contributed by atoms with Crippen molar-refractivity contribution in [2.24, 2.45) is 15.9 Å². The number of amidine groups is 1. The zero-order valence-corrected chi connectivity index (χ0v) is 9.32. The van der Waals surface area contributed by atoms with Gasteiger partial charge in [0.1, 0.15) is 0 Å². The average Bonchev–Trinajstić information content (AvgIpc) is 2.26. The highest BCUT2D eigenvalue weighted by Gasteiger charge is 1.99. The van der Waals surface area contributed by atoms with Gasteiger partial charge in [0.15, 0.2) is 5.84 Å². The van der Waals surface area contributed by atoms with Crippen LogP contribution in [0.25, 0.3) is 0 Å². The maximum atomic E-state index is 5.74. The van der Waals surface area contributed by atoms with Crippen molar-refractivity contribution >= 4 is 23.3 Å². The molecule has 1 aromatic rings. The molecule has 1 aromatic carbocycles. The molecule has 0 bridgehead atoms. The van der Waals surface area contributed by atoms with E-state index >= 15 is 0 Å².